The number of sulfone groups is 1. The molecule has 0 radical (unpaired) electrons. The van der Waals surface area contributed by atoms with Crippen LogP contribution in [-0.2, 0) is 21.1 Å². The van der Waals surface area contributed by atoms with E-state index < -0.39 is 20.5 Å². The maximum atomic E-state index is 12.4. The predicted octanol–water partition coefficient (Wildman–Crippen LogP) is 2.86. The number of nitrogens with one attached hydrogen (secondary N) is 1. The molecule has 9 heteroatoms. The van der Waals surface area contributed by atoms with E-state index in [0.717, 1.165) is 23.4 Å². The summed E-state index contributed by atoms with van der Waals surface area (Å²) in [6.45, 7) is 3.54. The molecule has 1 aromatic heterocycles. The topological polar surface area (TPSA) is 89.3 Å². The van der Waals surface area contributed by atoms with Crippen LogP contribution in [0.15, 0.2) is 33.7 Å². The molecule has 0 aliphatic carbocycles. The maximum absolute atomic E-state index is 12.4. The third kappa shape index (κ3) is 3.97. The van der Waals surface area contributed by atoms with E-state index in [1.165, 1.54) is 12.1 Å². The van der Waals surface area contributed by atoms with Crippen LogP contribution in [0.4, 0.5) is 14.5 Å². The molecule has 0 aliphatic rings. The van der Waals surface area contributed by atoms with Crippen molar-refractivity contribution in [3.63, 3.8) is 0 Å². The Morgan fingerprint density at radius 2 is 1.88 bits per heavy atom. The van der Waals surface area contributed by atoms with Gasteiger partial charge in [-0.15, -0.1) is 0 Å². The summed E-state index contributed by atoms with van der Waals surface area (Å²) in [5.74, 6) is -3.12. The molecule has 2 aromatic rings. The van der Waals surface area contributed by atoms with Crippen molar-refractivity contribution in [3.05, 3.63) is 41.3 Å². The Labute approximate surface area is 137 Å². The standard InChI is InChI=1S/C15H16F2N2O4S/c1-9-13(10(2)23-19-9)7-8-14(20)18-11-3-5-12(6-4-11)24(21,22)15(16)17/h3-6,15H,7-8H2,1-2H3,(H,18,20). The molecule has 1 aromatic carbocycles. The molecule has 6 nitrogen and oxygen atoms in total. The highest BCUT2D eigenvalue weighted by atomic mass is 32.2. The van der Waals surface area contributed by atoms with Crippen molar-refractivity contribution in [1.29, 1.82) is 0 Å². The van der Waals surface area contributed by atoms with E-state index >= 15 is 0 Å². The largest absolute Gasteiger partial charge is 0.361 e. The SMILES string of the molecule is Cc1noc(C)c1CCC(=O)Nc1ccc(S(=O)(=O)C(F)F)cc1. The normalized spacial score (nSPS) is 11.7. The minimum Gasteiger partial charge on any atom is -0.361 e. The van der Waals surface area contributed by atoms with E-state index in [2.05, 4.69) is 10.5 Å². The molecule has 0 atom stereocenters. The van der Waals surface area contributed by atoms with Crippen LogP contribution in [0.5, 0.6) is 0 Å². The van der Waals surface area contributed by atoms with Crippen LogP contribution in [-0.4, -0.2) is 25.2 Å². The fourth-order valence-electron chi connectivity index (χ4n) is 2.15. The number of aryl methyl sites for hydroxylation is 2. The van der Waals surface area contributed by atoms with Crippen LogP contribution in [0, 0.1) is 13.8 Å². The summed E-state index contributed by atoms with van der Waals surface area (Å²) in [6, 6.07) is 4.60. The molecule has 0 saturated carbocycles. The van der Waals surface area contributed by atoms with E-state index in [0.29, 0.717) is 17.9 Å². The number of nitrogens with zero attached hydrogens (tertiary/aromatic N) is 1. The number of amides is 1. The first kappa shape index (κ1) is 18.1. The minimum atomic E-state index is -4.63. The highest BCUT2D eigenvalue weighted by Gasteiger charge is 2.26. The van der Waals surface area contributed by atoms with Crippen LogP contribution in [0.1, 0.15) is 23.4 Å². The molecule has 1 N–H and O–H groups in total. The highest BCUT2D eigenvalue weighted by Crippen LogP contribution is 2.20. The van der Waals surface area contributed by atoms with E-state index in [9.17, 15) is 22.0 Å². The first-order chi connectivity index (χ1) is 11.2. The minimum absolute atomic E-state index is 0.181. The number of carbonyl (C=O) groups is 1. The summed E-state index contributed by atoms with van der Waals surface area (Å²) >= 11 is 0. The molecule has 2 rings (SSSR count). The second-order valence-corrected chi connectivity index (χ2v) is 7.10. The van der Waals surface area contributed by atoms with Crippen LogP contribution in [0.2, 0.25) is 0 Å². The van der Waals surface area contributed by atoms with Gasteiger partial charge in [0.15, 0.2) is 0 Å². The monoisotopic (exact) mass is 358 g/mol. The van der Waals surface area contributed by atoms with Crippen molar-refractivity contribution in [2.75, 3.05) is 5.32 Å². The van der Waals surface area contributed by atoms with Gasteiger partial charge in [0.25, 0.3) is 0 Å². The van der Waals surface area contributed by atoms with Crippen LogP contribution >= 0.6 is 0 Å². The highest BCUT2D eigenvalue weighted by molar-refractivity contribution is 7.91. The van der Waals surface area contributed by atoms with Crippen LogP contribution in [0.3, 0.4) is 0 Å². The molecule has 0 unspecified atom stereocenters. The average Bonchev–Trinajstić information content (AvgIpc) is 2.84. The number of rotatable bonds is 6. The first-order valence-electron chi connectivity index (χ1n) is 7.05. The van der Waals surface area contributed by atoms with E-state index in [4.69, 9.17) is 4.52 Å². The zero-order chi connectivity index (χ0) is 17.9. The van der Waals surface area contributed by atoms with Crippen molar-refractivity contribution in [2.45, 2.75) is 37.3 Å². The van der Waals surface area contributed by atoms with Crippen LogP contribution in [0.25, 0.3) is 0 Å². The molecule has 1 heterocycles. The Bertz CT molecular complexity index is 810. The fraction of sp³-hybridized carbons (Fsp3) is 0.333. The first-order valence-corrected chi connectivity index (χ1v) is 8.60. The number of hydrogen-bond donors (Lipinski definition) is 1. The lowest BCUT2D eigenvalue weighted by Crippen LogP contribution is -2.14. The van der Waals surface area contributed by atoms with E-state index in [-0.39, 0.29) is 12.3 Å². The number of anilines is 1. The molecular weight excluding hydrogens is 342 g/mol. The Morgan fingerprint density at radius 3 is 2.38 bits per heavy atom. The zero-order valence-electron chi connectivity index (χ0n) is 13.0. The molecule has 0 fully saturated rings. The van der Waals surface area contributed by atoms with Crippen molar-refractivity contribution in [1.82, 2.24) is 5.16 Å². The summed E-state index contributed by atoms with van der Waals surface area (Å²) in [7, 11) is -4.63. The summed E-state index contributed by atoms with van der Waals surface area (Å²) in [5, 5.41) is 6.38. The molecule has 0 spiro atoms. The van der Waals surface area contributed by atoms with Crippen LogP contribution < -0.4 is 5.32 Å². The Balaban J connectivity index is 1.98. The molecule has 130 valence electrons. The van der Waals surface area contributed by atoms with Crippen molar-refractivity contribution in [2.24, 2.45) is 0 Å². The predicted molar refractivity (Wildman–Crippen MR) is 82.6 cm³/mol. The molecule has 0 aliphatic heterocycles. The van der Waals surface area contributed by atoms with Gasteiger partial charge in [0.2, 0.25) is 15.7 Å². The van der Waals surface area contributed by atoms with Gasteiger partial charge in [0, 0.05) is 17.7 Å². The third-order valence-corrected chi connectivity index (χ3v) is 4.88. The van der Waals surface area contributed by atoms with Gasteiger partial charge in [-0.25, -0.2) is 8.42 Å². The number of aromatic nitrogens is 1. The Hall–Kier alpha value is -2.29. The molecule has 0 saturated heterocycles. The van der Waals surface area contributed by atoms with Gasteiger partial charge in [0.1, 0.15) is 5.76 Å². The number of alkyl halides is 2. The maximum Gasteiger partial charge on any atom is 0.341 e. The number of benzene rings is 1. The summed E-state index contributed by atoms with van der Waals surface area (Å²) in [4.78, 5) is 11.4. The Kier molecular flexibility index (Phi) is 5.33. The van der Waals surface area contributed by atoms with Gasteiger partial charge in [-0.1, -0.05) is 5.16 Å². The summed E-state index contributed by atoms with van der Waals surface area (Å²) < 4.78 is 52.5. The number of carbonyl (C=O) groups excluding carboxylic acids is 1. The lowest BCUT2D eigenvalue weighted by molar-refractivity contribution is -0.116. The summed E-state index contributed by atoms with van der Waals surface area (Å²) in [6.07, 6.45) is 0.630. The number of halogens is 2. The smallest absolute Gasteiger partial charge is 0.341 e. The van der Waals surface area contributed by atoms with Crippen molar-refractivity contribution < 1.29 is 26.5 Å². The van der Waals surface area contributed by atoms with Crippen molar-refractivity contribution in [3.8, 4) is 0 Å². The van der Waals surface area contributed by atoms with E-state index in [1.54, 1.807) is 13.8 Å². The fourth-order valence-corrected chi connectivity index (χ4v) is 2.87. The lowest BCUT2D eigenvalue weighted by atomic mass is 10.1. The second kappa shape index (κ2) is 7.08. The molecule has 1 amide bonds. The quantitative estimate of drug-likeness (QED) is 0.858. The second-order valence-electron chi connectivity index (χ2n) is 5.18. The third-order valence-electron chi connectivity index (χ3n) is 3.48. The van der Waals surface area contributed by atoms with Gasteiger partial charge in [-0.3, -0.25) is 4.79 Å². The lowest BCUT2D eigenvalue weighted by Gasteiger charge is -2.07. The van der Waals surface area contributed by atoms with Gasteiger partial charge in [-0.05, 0) is 44.5 Å². The average molecular weight is 358 g/mol. The molecular formula is C15H16F2N2O4S. The summed E-state index contributed by atoms with van der Waals surface area (Å²) in [5.41, 5.74) is 1.91. The van der Waals surface area contributed by atoms with Gasteiger partial charge >= 0.3 is 5.76 Å². The zero-order valence-corrected chi connectivity index (χ0v) is 13.9. The number of hydrogen-bond acceptors (Lipinski definition) is 5. The Morgan fingerprint density at radius 1 is 1.25 bits per heavy atom. The molecule has 24 heavy (non-hydrogen) atoms. The molecule has 0 bridgehead atoms. The van der Waals surface area contributed by atoms with Crippen molar-refractivity contribution >= 4 is 21.4 Å². The van der Waals surface area contributed by atoms with Gasteiger partial charge in [-0.2, -0.15) is 8.78 Å². The van der Waals surface area contributed by atoms with Gasteiger partial charge in [0.05, 0.1) is 10.6 Å². The van der Waals surface area contributed by atoms with E-state index in [1.807, 2.05) is 0 Å². The van der Waals surface area contributed by atoms with Gasteiger partial charge < -0.3 is 9.84 Å².